The Morgan fingerprint density at radius 1 is 0.828 bits per heavy atom. The van der Waals surface area contributed by atoms with Crippen molar-refractivity contribution in [2.24, 2.45) is 0 Å². The zero-order valence-electron chi connectivity index (χ0n) is 15.5. The molecule has 0 aliphatic heterocycles. The number of hydrogen-bond acceptors (Lipinski definition) is 2. The maximum atomic E-state index is 6.31. The molecule has 2 heterocycles. The van der Waals surface area contributed by atoms with Gasteiger partial charge >= 0.3 is 0 Å². The summed E-state index contributed by atoms with van der Waals surface area (Å²) < 4.78 is 13.4. The van der Waals surface area contributed by atoms with Crippen LogP contribution < -0.4 is 0 Å². The monoisotopic (exact) mass is 438 g/mol. The first kappa shape index (κ1) is 16.7. The summed E-state index contributed by atoms with van der Waals surface area (Å²) in [7, 11) is 0. The van der Waals surface area contributed by atoms with Crippen LogP contribution in [0.25, 0.3) is 50.1 Å². The zero-order chi connectivity index (χ0) is 19.4. The maximum Gasteiger partial charge on any atom is 0.149 e. The van der Waals surface area contributed by atoms with Crippen molar-refractivity contribution >= 4 is 54.9 Å². The van der Waals surface area contributed by atoms with Crippen LogP contribution in [0.1, 0.15) is 17.7 Å². The fourth-order valence-electron chi connectivity index (χ4n) is 4.11. The van der Waals surface area contributed by atoms with E-state index in [1.165, 1.54) is 0 Å². The van der Waals surface area contributed by atoms with Gasteiger partial charge in [0, 0.05) is 40.1 Å². The molecule has 29 heavy (non-hydrogen) atoms. The molecule has 1 aliphatic carbocycles. The second-order valence-electron chi connectivity index (χ2n) is 7.19. The number of fused-ring (bicyclic) bond motifs is 6. The highest BCUT2D eigenvalue weighted by atomic mass is 79.9. The smallest absolute Gasteiger partial charge is 0.149 e. The summed E-state index contributed by atoms with van der Waals surface area (Å²) in [6, 6.07) is 18.8. The molecule has 0 unspecified atom stereocenters. The molecule has 3 heteroatoms. The molecule has 0 saturated heterocycles. The molecule has 2 nitrogen and oxygen atoms in total. The van der Waals surface area contributed by atoms with Crippen LogP contribution in [0.15, 0.2) is 74.0 Å². The summed E-state index contributed by atoms with van der Waals surface area (Å²) in [4.78, 5) is 0. The number of rotatable bonds is 1. The van der Waals surface area contributed by atoms with Crippen molar-refractivity contribution < 1.29 is 8.83 Å². The number of hydrogen-bond donors (Lipinski definition) is 0. The van der Waals surface area contributed by atoms with Crippen LogP contribution in [0.2, 0.25) is 0 Å². The van der Waals surface area contributed by atoms with E-state index in [0.29, 0.717) is 6.42 Å². The summed E-state index contributed by atoms with van der Waals surface area (Å²) in [6.07, 6.45) is 5.57. The fraction of sp³-hybridized carbons (Fsp3) is 0.0769. The van der Waals surface area contributed by atoms with Crippen LogP contribution in [0, 0.1) is 11.8 Å². The molecule has 0 saturated carbocycles. The number of para-hydroxylation sites is 2. The van der Waals surface area contributed by atoms with Gasteiger partial charge in [0.2, 0.25) is 0 Å². The first-order valence-electron chi connectivity index (χ1n) is 9.57. The van der Waals surface area contributed by atoms with Crippen molar-refractivity contribution in [3.63, 3.8) is 0 Å². The molecule has 0 amide bonds. The van der Waals surface area contributed by atoms with Gasteiger partial charge in [-0.05, 0) is 45.8 Å². The molecular formula is C26H15BrO2. The van der Waals surface area contributed by atoms with E-state index >= 15 is 0 Å². The number of furan rings is 2. The SMILES string of the molecule is Brc1cccc2c1oc1c(-c3ccc4oc5c(c4c3)CC#CC/C=C\5)cccc12. The van der Waals surface area contributed by atoms with Gasteiger partial charge < -0.3 is 8.83 Å². The Balaban J connectivity index is 1.61. The summed E-state index contributed by atoms with van der Waals surface area (Å²) >= 11 is 3.61. The Morgan fingerprint density at radius 3 is 2.62 bits per heavy atom. The number of benzene rings is 3. The predicted octanol–water partition coefficient (Wildman–Crippen LogP) is 7.72. The summed E-state index contributed by atoms with van der Waals surface area (Å²) in [6.45, 7) is 0. The van der Waals surface area contributed by atoms with Gasteiger partial charge in [-0.1, -0.05) is 54.3 Å². The minimum absolute atomic E-state index is 0.706. The standard InChI is InChI=1S/C26H15BrO2/c27-22-11-6-10-20-19-9-5-8-17(25(19)29-26(20)22)16-13-14-24-21(15-16)18-7-3-1-2-4-12-23(18)28-24/h4-6,8-15H,2,7H2/b12-4-. The van der Waals surface area contributed by atoms with Crippen LogP contribution >= 0.6 is 15.9 Å². The zero-order valence-corrected chi connectivity index (χ0v) is 17.0. The summed E-state index contributed by atoms with van der Waals surface area (Å²) in [5.74, 6) is 7.34. The Kier molecular flexibility index (Phi) is 3.69. The molecule has 0 atom stereocenters. The molecule has 0 spiro atoms. The van der Waals surface area contributed by atoms with E-state index in [4.69, 9.17) is 8.83 Å². The van der Waals surface area contributed by atoms with Crippen LogP contribution in [0.3, 0.4) is 0 Å². The van der Waals surface area contributed by atoms with Gasteiger partial charge in [0.05, 0.1) is 4.47 Å². The van der Waals surface area contributed by atoms with Crippen LogP contribution in [0.4, 0.5) is 0 Å². The van der Waals surface area contributed by atoms with Crippen molar-refractivity contribution in [1.29, 1.82) is 0 Å². The van der Waals surface area contributed by atoms with E-state index < -0.39 is 0 Å². The van der Waals surface area contributed by atoms with Crippen molar-refractivity contribution in [2.45, 2.75) is 12.8 Å². The lowest BCUT2D eigenvalue weighted by Crippen LogP contribution is -1.86. The number of allylic oxidation sites excluding steroid dienone is 1. The van der Waals surface area contributed by atoms with Crippen LogP contribution in [-0.4, -0.2) is 0 Å². The van der Waals surface area contributed by atoms with Gasteiger partial charge in [0.1, 0.15) is 22.5 Å². The van der Waals surface area contributed by atoms with E-state index in [9.17, 15) is 0 Å². The Labute approximate surface area is 175 Å². The summed E-state index contributed by atoms with van der Waals surface area (Å²) in [5, 5.41) is 3.36. The van der Waals surface area contributed by atoms with E-state index in [1.807, 2.05) is 24.3 Å². The first-order valence-corrected chi connectivity index (χ1v) is 10.4. The molecule has 138 valence electrons. The van der Waals surface area contributed by atoms with Gasteiger partial charge in [0.25, 0.3) is 0 Å². The topological polar surface area (TPSA) is 26.3 Å². The third-order valence-corrected chi connectivity index (χ3v) is 6.11. The Hall–Kier alpha value is -3.22. The van der Waals surface area contributed by atoms with Crippen molar-refractivity contribution in [3.05, 3.63) is 76.5 Å². The third-order valence-electron chi connectivity index (χ3n) is 5.49. The minimum Gasteiger partial charge on any atom is -0.456 e. The number of halogens is 1. The second-order valence-corrected chi connectivity index (χ2v) is 8.05. The normalized spacial score (nSPS) is 14.4. The molecular weight excluding hydrogens is 424 g/mol. The average molecular weight is 439 g/mol. The highest BCUT2D eigenvalue weighted by Gasteiger charge is 2.17. The third kappa shape index (κ3) is 2.57. The van der Waals surface area contributed by atoms with E-state index in [2.05, 4.69) is 70.2 Å². The second kappa shape index (κ2) is 6.40. The van der Waals surface area contributed by atoms with Crippen molar-refractivity contribution in [2.75, 3.05) is 0 Å². The average Bonchev–Trinajstić information content (AvgIpc) is 3.26. The molecule has 0 radical (unpaired) electrons. The Bertz CT molecular complexity index is 1520. The molecule has 3 aromatic carbocycles. The van der Waals surface area contributed by atoms with E-state index in [-0.39, 0.29) is 0 Å². The van der Waals surface area contributed by atoms with Crippen molar-refractivity contribution in [3.8, 4) is 23.0 Å². The molecule has 0 N–H and O–H groups in total. The molecule has 0 bridgehead atoms. The lowest BCUT2D eigenvalue weighted by molar-refractivity contribution is 0.600. The molecule has 0 fully saturated rings. The molecule has 2 aromatic heterocycles. The lowest BCUT2D eigenvalue weighted by atomic mass is 9.98. The van der Waals surface area contributed by atoms with E-state index in [0.717, 1.165) is 66.3 Å². The van der Waals surface area contributed by atoms with Crippen LogP contribution in [0.5, 0.6) is 0 Å². The van der Waals surface area contributed by atoms with Crippen molar-refractivity contribution in [1.82, 2.24) is 0 Å². The Morgan fingerprint density at radius 2 is 1.69 bits per heavy atom. The first-order chi connectivity index (χ1) is 14.3. The van der Waals surface area contributed by atoms with E-state index in [1.54, 1.807) is 0 Å². The predicted molar refractivity (Wildman–Crippen MR) is 122 cm³/mol. The van der Waals surface area contributed by atoms with Crippen LogP contribution in [-0.2, 0) is 6.42 Å². The fourth-order valence-corrected chi connectivity index (χ4v) is 4.56. The largest absolute Gasteiger partial charge is 0.456 e. The quantitative estimate of drug-likeness (QED) is 0.250. The van der Waals surface area contributed by atoms with Gasteiger partial charge in [-0.2, -0.15) is 0 Å². The molecule has 6 rings (SSSR count). The maximum absolute atomic E-state index is 6.31. The lowest BCUT2D eigenvalue weighted by Gasteiger charge is -2.04. The molecule has 5 aromatic rings. The molecule has 1 aliphatic rings. The minimum atomic E-state index is 0.706. The van der Waals surface area contributed by atoms with Gasteiger partial charge in [-0.15, -0.1) is 0 Å². The highest BCUT2D eigenvalue weighted by molar-refractivity contribution is 9.10. The summed E-state index contributed by atoms with van der Waals surface area (Å²) in [5.41, 5.74) is 6.02. The van der Waals surface area contributed by atoms with Gasteiger partial charge in [0.15, 0.2) is 0 Å². The van der Waals surface area contributed by atoms with Gasteiger partial charge in [-0.25, -0.2) is 0 Å². The van der Waals surface area contributed by atoms with Gasteiger partial charge in [-0.3, -0.25) is 0 Å². The highest BCUT2D eigenvalue weighted by Crippen LogP contribution is 2.39.